The number of alkyl halides is 1. The number of benzene rings is 2. The Kier molecular flexibility index (Phi) is 4.02. The van der Waals surface area contributed by atoms with Crippen LogP contribution in [0, 0.1) is 5.82 Å². The van der Waals surface area contributed by atoms with Crippen LogP contribution in [0.3, 0.4) is 0 Å². The average Bonchev–Trinajstić information content (AvgIpc) is 2.34. The van der Waals surface area contributed by atoms with Crippen LogP contribution in [-0.4, -0.2) is 0 Å². The van der Waals surface area contributed by atoms with Gasteiger partial charge in [-0.3, -0.25) is 0 Å². The minimum Gasteiger partial charge on any atom is -0.456 e. The van der Waals surface area contributed by atoms with E-state index in [9.17, 15) is 4.39 Å². The fourth-order valence-electron chi connectivity index (χ4n) is 1.34. The highest BCUT2D eigenvalue weighted by molar-refractivity contribution is 9.08. The molecule has 0 heterocycles. The summed E-state index contributed by atoms with van der Waals surface area (Å²) >= 11 is 9.42. The van der Waals surface area contributed by atoms with E-state index in [0.717, 1.165) is 10.9 Å². The Hall–Kier alpha value is -1.06. The van der Waals surface area contributed by atoms with Gasteiger partial charge in [-0.2, -0.15) is 0 Å². The van der Waals surface area contributed by atoms with Gasteiger partial charge in [0.1, 0.15) is 17.3 Å². The van der Waals surface area contributed by atoms with Crippen LogP contribution in [-0.2, 0) is 5.33 Å². The van der Waals surface area contributed by atoms with Gasteiger partial charge >= 0.3 is 0 Å². The summed E-state index contributed by atoms with van der Waals surface area (Å²) in [6.45, 7) is 0. The van der Waals surface area contributed by atoms with Crippen LogP contribution in [0.15, 0.2) is 42.5 Å². The highest BCUT2D eigenvalue weighted by Crippen LogP contribution is 2.30. The molecular weight excluding hydrogens is 306 g/mol. The molecular formula is C13H9BrClFO. The van der Waals surface area contributed by atoms with Gasteiger partial charge < -0.3 is 4.74 Å². The summed E-state index contributed by atoms with van der Waals surface area (Å²) in [6.07, 6.45) is 0. The summed E-state index contributed by atoms with van der Waals surface area (Å²) < 4.78 is 18.3. The van der Waals surface area contributed by atoms with Crippen molar-refractivity contribution < 1.29 is 9.13 Å². The fraction of sp³-hybridized carbons (Fsp3) is 0.0769. The fourth-order valence-corrected chi connectivity index (χ4v) is 1.93. The smallest absolute Gasteiger partial charge is 0.146 e. The third kappa shape index (κ3) is 3.20. The quantitative estimate of drug-likeness (QED) is 0.710. The van der Waals surface area contributed by atoms with Crippen molar-refractivity contribution in [3.8, 4) is 11.5 Å². The van der Waals surface area contributed by atoms with E-state index in [0.29, 0.717) is 16.5 Å². The molecule has 2 aromatic carbocycles. The van der Waals surface area contributed by atoms with Gasteiger partial charge in [0.15, 0.2) is 0 Å². The summed E-state index contributed by atoms with van der Waals surface area (Å²) in [5, 5.41) is 1.27. The molecule has 0 spiro atoms. The van der Waals surface area contributed by atoms with Crippen molar-refractivity contribution in [2.75, 3.05) is 0 Å². The van der Waals surface area contributed by atoms with Crippen LogP contribution in [0.25, 0.3) is 0 Å². The molecule has 1 nitrogen and oxygen atoms in total. The molecule has 0 amide bonds. The van der Waals surface area contributed by atoms with E-state index < -0.39 is 0 Å². The maximum atomic E-state index is 12.7. The minimum absolute atomic E-state index is 0.293. The first-order valence-electron chi connectivity index (χ1n) is 4.97. The molecule has 0 aliphatic heterocycles. The molecule has 2 rings (SSSR count). The van der Waals surface area contributed by atoms with Gasteiger partial charge in [-0.05, 0) is 42.0 Å². The SMILES string of the molecule is Fc1ccc(Oc2ccc(CBr)cc2Cl)cc1. The van der Waals surface area contributed by atoms with Gasteiger partial charge in [0.05, 0.1) is 5.02 Å². The van der Waals surface area contributed by atoms with Crippen molar-refractivity contribution in [2.24, 2.45) is 0 Å². The van der Waals surface area contributed by atoms with E-state index >= 15 is 0 Å². The molecule has 0 radical (unpaired) electrons. The van der Waals surface area contributed by atoms with Crippen molar-refractivity contribution in [1.29, 1.82) is 0 Å². The van der Waals surface area contributed by atoms with Crippen LogP contribution in [0.5, 0.6) is 11.5 Å². The average molecular weight is 316 g/mol. The van der Waals surface area contributed by atoms with Gasteiger partial charge in [0, 0.05) is 5.33 Å². The van der Waals surface area contributed by atoms with Gasteiger partial charge in [0.2, 0.25) is 0 Å². The molecule has 0 aromatic heterocycles. The minimum atomic E-state index is -0.293. The molecule has 0 N–H and O–H groups in total. The summed E-state index contributed by atoms with van der Waals surface area (Å²) in [5.74, 6) is 0.820. The Labute approximate surface area is 112 Å². The molecule has 0 atom stereocenters. The molecule has 0 bridgehead atoms. The Balaban J connectivity index is 2.21. The number of halogens is 3. The Morgan fingerprint density at radius 2 is 1.82 bits per heavy atom. The van der Waals surface area contributed by atoms with Crippen molar-refractivity contribution in [3.05, 3.63) is 58.9 Å². The number of hydrogen-bond acceptors (Lipinski definition) is 1. The molecule has 0 aliphatic rings. The molecule has 0 saturated heterocycles. The van der Waals surface area contributed by atoms with E-state index in [2.05, 4.69) is 15.9 Å². The predicted molar refractivity (Wildman–Crippen MR) is 70.6 cm³/mol. The summed E-state index contributed by atoms with van der Waals surface area (Å²) in [7, 11) is 0. The molecule has 17 heavy (non-hydrogen) atoms. The summed E-state index contributed by atoms with van der Waals surface area (Å²) in [6, 6.07) is 11.3. The molecule has 0 fully saturated rings. The first-order valence-corrected chi connectivity index (χ1v) is 6.47. The zero-order valence-corrected chi connectivity index (χ0v) is 11.1. The lowest BCUT2D eigenvalue weighted by molar-refractivity contribution is 0.480. The van der Waals surface area contributed by atoms with Crippen LogP contribution in [0.2, 0.25) is 5.02 Å². The van der Waals surface area contributed by atoms with E-state index in [1.54, 1.807) is 18.2 Å². The van der Waals surface area contributed by atoms with Crippen molar-refractivity contribution >= 4 is 27.5 Å². The van der Waals surface area contributed by atoms with Crippen LogP contribution < -0.4 is 4.74 Å². The number of ether oxygens (including phenoxy) is 1. The van der Waals surface area contributed by atoms with Crippen LogP contribution in [0.4, 0.5) is 4.39 Å². The second-order valence-electron chi connectivity index (χ2n) is 3.45. The van der Waals surface area contributed by atoms with Gasteiger partial charge in [-0.25, -0.2) is 4.39 Å². The predicted octanol–water partition coefficient (Wildman–Crippen LogP) is 5.17. The summed E-state index contributed by atoms with van der Waals surface area (Å²) in [4.78, 5) is 0. The van der Waals surface area contributed by atoms with Crippen LogP contribution >= 0.6 is 27.5 Å². The van der Waals surface area contributed by atoms with Gasteiger partial charge in [-0.1, -0.05) is 33.6 Å². The maximum Gasteiger partial charge on any atom is 0.146 e. The molecule has 88 valence electrons. The number of rotatable bonds is 3. The lowest BCUT2D eigenvalue weighted by Crippen LogP contribution is -1.87. The normalized spacial score (nSPS) is 10.3. The second kappa shape index (κ2) is 5.52. The second-order valence-corrected chi connectivity index (χ2v) is 4.42. The Morgan fingerprint density at radius 3 is 2.41 bits per heavy atom. The van der Waals surface area contributed by atoms with Gasteiger partial charge in [-0.15, -0.1) is 0 Å². The first kappa shape index (κ1) is 12.4. The highest BCUT2D eigenvalue weighted by Gasteiger charge is 2.04. The molecule has 0 unspecified atom stereocenters. The summed E-state index contributed by atoms with van der Waals surface area (Å²) in [5.41, 5.74) is 1.07. The highest BCUT2D eigenvalue weighted by atomic mass is 79.9. The van der Waals surface area contributed by atoms with E-state index in [1.165, 1.54) is 12.1 Å². The maximum absolute atomic E-state index is 12.7. The molecule has 0 saturated carbocycles. The monoisotopic (exact) mass is 314 g/mol. The van der Waals surface area contributed by atoms with Crippen molar-refractivity contribution in [3.63, 3.8) is 0 Å². The third-order valence-corrected chi connectivity index (χ3v) is 3.13. The molecule has 0 aliphatic carbocycles. The van der Waals surface area contributed by atoms with Gasteiger partial charge in [0.25, 0.3) is 0 Å². The first-order chi connectivity index (χ1) is 8.19. The number of hydrogen-bond donors (Lipinski definition) is 0. The Bertz CT molecular complexity index is 513. The zero-order valence-electron chi connectivity index (χ0n) is 8.79. The topological polar surface area (TPSA) is 9.23 Å². The zero-order chi connectivity index (χ0) is 12.3. The molecule has 4 heteroatoms. The van der Waals surface area contributed by atoms with E-state index in [1.807, 2.05) is 12.1 Å². The lowest BCUT2D eigenvalue weighted by atomic mass is 10.2. The molecule has 2 aromatic rings. The standard InChI is InChI=1S/C13H9BrClFO/c14-8-9-1-6-13(12(15)7-9)17-11-4-2-10(16)3-5-11/h1-7H,8H2. The third-order valence-electron chi connectivity index (χ3n) is 2.19. The van der Waals surface area contributed by atoms with E-state index in [-0.39, 0.29) is 5.82 Å². The van der Waals surface area contributed by atoms with E-state index in [4.69, 9.17) is 16.3 Å². The lowest BCUT2D eigenvalue weighted by Gasteiger charge is -2.08. The Morgan fingerprint density at radius 1 is 1.12 bits per heavy atom. The largest absolute Gasteiger partial charge is 0.456 e. The van der Waals surface area contributed by atoms with Crippen LogP contribution in [0.1, 0.15) is 5.56 Å². The van der Waals surface area contributed by atoms with Crippen molar-refractivity contribution in [1.82, 2.24) is 0 Å². The van der Waals surface area contributed by atoms with Crippen molar-refractivity contribution in [2.45, 2.75) is 5.33 Å².